The quantitative estimate of drug-likeness (QED) is 0.216. The van der Waals surface area contributed by atoms with Crippen LogP contribution in [0.25, 0.3) is 0 Å². The second-order valence-electron chi connectivity index (χ2n) is 8.24. The monoisotopic (exact) mass is 478 g/mol. The van der Waals surface area contributed by atoms with Crippen molar-refractivity contribution in [3.63, 3.8) is 0 Å². The topological polar surface area (TPSA) is 188 Å². The van der Waals surface area contributed by atoms with Gasteiger partial charge in [0.05, 0.1) is 6.04 Å². The van der Waals surface area contributed by atoms with Crippen LogP contribution < -0.4 is 21.7 Å². The lowest BCUT2D eigenvalue weighted by molar-refractivity contribution is -0.144. The number of rotatable bonds is 14. The number of carbonyl (C=O) groups is 5. The number of hydrogen-bond donors (Lipinski definition) is 6. The Morgan fingerprint density at radius 2 is 1.44 bits per heavy atom. The van der Waals surface area contributed by atoms with Gasteiger partial charge in [0.15, 0.2) is 0 Å². The molecule has 11 heteroatoms. The highest BCUT2D eigenvalue weighted by Crippen LogP contribution is 2.10. The number of nitrogens with one attached hydrogen (secondary N) is 3. The van der Waals surface area contributed by atoms with Crippen molar-refractivity contribution < 1.29 is 34.2 Å². The van der Waals surface area contributed by atoms with Gasteiger partial charge in [0.25, 0.3) is 0 Å². The summed E-state index contributed by atoms with van der Waals surface area (Å²) >= 11 is 0. The fourth-order valence-corrected chi connectivity index (χ4v) is 3.11. The molecule has 0 aliphatic rings. The molecule has 3 amide bonds. The van der Waals surface area contributed by atoms with Crippen LogP contribution in [0.4, 0.5) is 0 Å². The zero-order chi connectivity index (χ0) is 25.8. The van der Waals surface area contributed by atoms with Crippen LogP contribution in [0, 0.1) is 5.92 Å². The highest BCUT2D eigenvalue weighted by molar-refractivity contribution is 5.94. The van der Waals surface area contributed by atoms with Crippen LogP contribution >= 0.6 is 0 Å². The molecule has 0 radical (unpaired) electrons. The Hall–Kier alpha value is -3.47. The summed E-state index contributed by atoms with van der Waals surface area (Å²) in [5, 5.41) is 25.9. The molecule has 0 bridgehead atoms. The van der Waals surface area contributed by atoms with Gasteiger partial charge in [-0.05, 0) is 24.8 Å². The molecule has 1 aromatic carbocycles. The van der Waals surface area contributed by atoms with Crippen LogP contribution in [0.15, 0.2) is 30.3 Å². The molecule has 0 saturated heterocycles. The summed E-state index contributed by atoms with van der Waals surface area (Å²) in [4.78, 5) is 60.8. The van der Waals surface area contributed by atoms with E-state index in [0.717, 1.165) is 5.56 Å². The van der Waals surface area contributed by atoms with E-state index in [2.05, 4.69) is 16.0 Å². The minimum absolute atomic E-state index is 0.100. The lowest BCUT2D eigenvalue weighted by atomic mass is 9.98. The zero-order valence-electron chi connectivity index (χ0n) is 19.6. The van der Waals surface area contributed by atoms with Crippen LogP contribution in [-0.4, -0.2) is 64.0 Å². The van der Waals surface area contributed by atoms with E-state index >= 15 is 0 Å². The summed E-state index contributed by atoms with van der Waals surface area (Å²) in [5.41, 5.74) is 6.34. The molecule has 1 aromatic rings. The predicted octanol–water partition coefficient (Wildman–Crippen LogP) is 0.0262. The first-order chi connectivity index (χ1) is 16.0. The van der Waals surface area contributed by atoms with Gasteiger partial charge in [-0.3, -0.25) is 19.2 Å². The fourth-order valence-electron chi connectivity index (χ4n) is 3.11. The van der Waals surface area contributed by atoms with E-state index in [9.17, 15) is 29.1 Å². The number of benzene rings is 1. The predicted molar refractivity (Wildman–Crippen MR) is 124 cm³/mol. The normalized spacial score (nSPS) is 15.2. The smallest absolute Gasteiger partial charge is 0.326 e. The maximum Gasteiger partial charge on any atom is 0.326 e. The summed E-state index contributed by atoms with van der Waals surface area (Å²) in [5.74, 6) is -4.94. The molecule has 7 N–H and O–H groups in total. The highest BCUT2D eigenvalue weighted by Gasteiger charge is 2.32. The van der Waals surface area contributed by atoms with Gasteiger partial charge in [0, 0.05) is 12.8 Å². The van der Waals surface area contributed by atoms with Gasteiger partial charge in [-0.1, -0.05) is 50.6 Å². The lowest BCUT2D eigenvalue weighted by Gasteiger charge is -2.26. The van der Waals surface area contributed by atoms with Crippen LogP contribution in [0.3, 0.4) is 0 Å². The maximum absolute atomic E-state index is 13.1. The summed E-state index contributed by atoms with van der Waals surface area (Å²) in [6.45, 7) is 4.88. The minimum Gasteiger partial charge on any atom is -0.481 e. The van der Waals surface area contributed by atoms with E-state index in [4.69, 9.17) is 10.8 Å². The molecule has 0 saturated carbocycles. The van der Waals surface area contributed by atoms with E-state index in [0.29, 0.717) is 6.42 Å². The SMILES string of the molecule is CCC(C)C(NC(=O)C(CCC(=O)O)NC(=O)C(Cc1ccccc1)NC(=O)C(C)N)C(=O)O. The molecule has 1 rings (SSSR count). The van der Waals surface area contributed by atoms with Crippen molar-refractivity contribution in [2.75, 3.05) is 0 Å². The molecule has 0 spiro atoms. The van der Waals surface area contributed by atoms with E-state index in [-0.39, 0.29) is 12.8 Å². The van der Waals surface area contributed by atoms with Gasteiger partial charge >= 0.3 is 11.9 Å². The van der Waals surface area contributed by atoms with Crippen LogP contribution in [0.2, 0.25) is 0 Å². The van der Waals surface area contributed by atoms with Crippen molar-refractivity contribution in [1.29, 1.82) is 0 Å². The fraction of sp³-hybridized carbons (Fsp3) is 0.522. The number of carboxylic acids is 2. The molecular weight excluding hydrogens is 444 g/mol. The van der Waals surface area contributed by atoms with Crippen molar-refractivity contribution in [3.8, 4) is 0 Å². The number of carbonyl (C=O) groups excluding carboxylic acids is 3. The van der Waals surface area contributed by atoms with Gasteiger partial charge in [0.2, 0.25) is 17.7 Å². The Labute approximate surface area is 198 Å². The van der Waals surface area contributed by atoms with Gasteiger partial charge in [-0.25, -0.2) is 4.79 Å². The van der Waals surface area contributed by atoms with Crippen molar-refractivity contribution in [2.24, 2.45) is 11.7 Å². The van der Waals surface area contributed by atoms with Gasteiger partial charge in [-0.2, -0.15) is 0 Å². The van der Waals surface area contributed by atoms with Crippen molar-refractivity contribution >= 4 is 29.7 Å². The van der Waals surface area contributed by atoms with E-state index < -0.39 is 66.2 Å². The Bertz CT molecular complexity index is 860. The van der Waals surface area contributed by atoms with Crippen LogP contribution in [0.1, 0.15) is 45.6 Å². The molecular formula is C23H34N4O7. The molecule has 0 fully saturated rings. The van der Waals surface area contributed by atoms with Crippen molar-refractivity contribution in [2.45, 2.75) is 70.6 Å². The molecule has 11 nitrogen and oxygen atoms in total. The molecule has 0 heterocycles. The summed E-state index contributed by atoms with van der Waals surface area (Å²) in [6.07, 6.45) is -0.122. The van der Waals surface area contributed by atoms with Gasteiger partial charge in [0.1, 0.15) is 18.1 Å². The summed E-state index contributed by atoms with van der Waals surface area (Å²) in [7, 11) is 0. The Morgan fingerprint density at radius 3 is 1.94 bits per heavy atom. The molecule has 5 atom stereocenters. The first-order valence-electron chi connectivity index (χ1n) is 11.1. The first kappa shape index (κ1) is 28.6. The maximum atomic E-state index is 13.1. The van der Waals surface area contributed by atoms with Gasteiger partial charge < -0.3 is 31.9 Å². The number of carboxylic acid groups (broad SMARTS) is 2. The average molecular weight is 479 g/mol. The third-order valence-corrected chi connectivity index (χ3v) is 5.39. The van der Waals surface area contributed by atoms with E-state index in [1.54, 1.807) is 44.2 Å². The largest absolute Gasteiger partial charge is 0.481 e. The van der Waals surface area contributed by atoms with E-state index in [1.807, 2.05) is 0 Å². The summed E-state index contributed by atoms with van der Waals surface area (Å²) < 4.78 is 0. The number of aliphatic carboxylic acids is 2. The number of hydrogen-bond acceptors (Lipinski definition) is 6. The van der Waals surface area contributed by atoms with Crippen LogP contribution in [0.5, 0.6) is 0 Å². The Balaban J connectivity index is 3.10. The lowest BCUT2D eigenvalue weighted by Crippen LogP contribution is -2.58. The van der Waals surface area contributed by atoms with Crippen molar-refractivity contribution in [1.82, 2.24) is 16.0 Å². The third kappa shape index (κ3) is 9.57. The molecule has 34 heavy (non-hydrogen) atoms. The number of amides is 3. The molecule has 0 aliphatic heterocycles. The second-order valence-corrected chi connectivity index (χ2v) is 8.24. The third-order valence-electron chi connectivity index (χ3n) is 5.39. The molecule has 0 aliphatic carbocycles. The number of nitrogens with two attached hydrogens (primary N) is 1. The Morgan fingerprint density at radius 1 is 0.882 bits per heavy atom. The van der Waals surface area contributed by atoms with Gasteiger partial charge in [-0.15, -0.1) is 0 Å². The minimum atomic E-state index is -1.32. The second kappa shape index (κ2) is 13.9. The van der Waals surface area contributed by atoms with Crippen LogP contribution in [-0.2, 0) is 30.4 Å². The average Bonchev–Trinajstić information content (AvgIpc) is 2.78. The molecule has 188 valence electrons. The summed E-state index contributed by atoms with van der Waals surface area (Å²) in [6, 6.07) is 4.34. The molecule has 0 aromatic heterocycles. The standard InChI is InChI=1S/C23H34N4O7/c1-4-13(2)19(23(33)34)27-21(31)16(10-11-18(28)29)25-22(32)17(26-20(30)14(3)24)12-15-8-6-5-7-9-15/h5-9,13-14,16-17,19H,4,10-12,24H2,1-3H3,(H,25,32)(H,26,30)(H,27,31)(H,28,29)(H,33,34). The first-order valence-corrected chi connectivity index (χ1v) is 11.1. The zero-order valence-corrected chi connectivity index (χ0v) is 19.6. The molecule has 5 unspecified atom stereocenters. The highest BCUT2D eigenvalue weighted by atomic mass is 16.4. The van der Waals surface area contributed by atoms with E-state index in [1.165, 1.54) is 6.92 Å². The van der Waals surface area contributed by atoms with Crippen molar-refractivity contribution in [3.05, 3.63) is 35.9 Å². The Kier molecular flexibility index (Phi) is 11.7.